The monoisotopic (exact) mass is 344 g/mol. The molecule has 1 aliphatic rings. The average molecular weight is 345 g/mol. The molecule has 10 heteroatoms. The highest BCUT2D eigenvalue weighted by Crippen LogP contribution is 2.25. The third-order valence-corrected chi connectivity index (χ3v) is 4.50. The van der Waals surface area contributed by atoms with Crippen molar-refractivity contribution in [3.8, 4) is 0 Å². The molecule has 1 aromatic heterocycles. The first-order valence-corrected chi connectivity index (χ1v) is 8.39. The van der Waals surface area contributed by atoms with Gasteiger partial charge in [0.05, 0.1) is 0 Å². The van der Waals surface area contributed by atoms with E-state index in [9.17, 15) is 26.4 Å². The van der Waals surface area contributed by atoms with Crippen LogP contribution >= 0.6 is 10.7 Å². The quantitative estimate of drug-likeness (QED) is 0.852. The Hall–Kier alpha value is -1.22. The molecule has 0 aliphatic heterocycles. The highest BCUT2D eigenvalue weighted by molar-refractivity contribution is 8.13. The van der Waals surface area contributed by atoms with Gasteiger partial charge in [0.15, 0.2) is 0 Å². The average Bonchev–Trinajstić information content (AvgIpc) is 2.64. The number of nitrogens with zero attached hydrogens (tertiary/aromatic N) is 1. The summed E-state index contributed by atoms with van der Waals surface area (Å²) in [6.45, 7) is -1.47. The van der Waals surface area contributed by atoms with E-state index in [0.29, 0.717) is 10.8 Å². The molecule has 1 aromatic rings. The molecular weight excluding hydrogens is 333 g/mol. The Morgan fingerprint density at radius 3 is 2.48 bits per heavy atom. The van der Waals surface area contributed by atoms with E-state index in [-0.39, 0.29) is 11.7 Å². The lowest BCUT2D eigenvalue weighted by Gasteiger charge is -2.26. The highest BCUT2D eigenvalue weighted by Gasteiger charge is 2.32. The second-order valence-electron chi connectivity index (χ2n) is 4.84. The molecule has 0 aromatic carbocycles. The van der Waals surface area contributed by atoms with Crippen LogP contribution in [-0.2, 0) is 15.6 Å². The third-order valence-electron chi connectivity index (χ3n) is 3.18. The molecule has 1 heterocycles. The molecule has 1 amide bonds. The van der Waals surface area contributed by atoms with Crippen molar-refractivity contribution in [2.24, 2.45) is 0 Å². The van der Waals surface area contributed by atoms with Crippen LogP contribution < -0.4 is 5.32 Å². The molecule has 2 rings (SSSR count). The zero-order valence-electron chi connectivity index (χ0n) is 10.7. The van der Waals surface area contributed by atoms with E-state index in [4.69, 9.17) is 10.7 Å². The van der Waals surface area contributed by atoms with E-state index in [1.807, 2.05) is 0 Å². The number of amides is 1. The Morgan fingerprint density at radius 1 is 1.43 bits per heavy atom. The second-order valence-corrected chi connectivity index (χ2v) is 7.41. The summed E-state index contributed by atoms with van der Waals surface area (Å²) in [4.78, 5) is 11.4. The number of hydrogen-bond acceptors (Lipinski definition) is 3. The SMILES string of the molecule is O=C(NC1CCC1)c1cc(S(=O)(=O)Cl)cn1CC(F)(F)F. The summed E-state index contributed by atoms with van der Waals surface area (Å²) < 4.78 is 60.5. The van der Waals surface area contributed by atoms with E-state index in [2.05, 4.69) is 5.32 Å². The maximum atomic E-state index is 12.5. The summed E-state index contributed by atoms with van der Waals surface area (Å²) in [7, 11) is 0.900. The first kappa shape index (κ1) is 16.2. The largest absolute Gasteiger partial charge is 0.406 e. The van der Waals surface area contributed by atoms with Gasteiger partial charge in [0.2, 0.25) is 0 Å². The number of hydrogen-bond donors (Lipinski definition) is 1. The van der Waals surface area contributed by atoms with E-state index in [1.165, 1.54) is 0 Å². The fourth-order valence-corrected chi connectivity index (χ4v) is 2.70. The number of carbonyl (C=O) groups is 1. The summed E-state index contributed by atoms with van der Waals surface area (Å²) in [6.07, 6.45) is -1.42. The Bertz CT molecular complexity index is 650. The van der Waals surface area contributed by atoms with Crippen molar-refractivity contribution in [2.75, 3.05) is 0 Å². The van der Waals surface area contributed by atoms with Gasteiger partial charge in [0.25, 0.3) is 15.0 Å². The number of rotatable bonds is 4. The molecule has 1 fully saturated rings. The van der Waals surface area contributed by atoms with Crippen LogP contribution in [0, 0.1) is 0 Å². The van der Waals surface area contributed by atoms with Crippen LogP contribution in [0.3, 0.4) is 0 Å². The Labute approximate surface area is 123 Å². The van der Waals surface area contributed by atoms with Crippen LogP contribution in [0.1, 0.15) is 29.8 Å². The number of halogens is 4. The molecule has 0 spiro atoms. The number of alkyl halides is 3. The molecule has 1 saturated carbocycles. The predicted octanol–water partition coefficient (Wildman–Crippen LogP) is 2.26. The highest BCUT2D eigenvalue weighted by atomic mass is 35.7. The predicted molar refractivity (Wildman–Crippen MR) is 68.6 cm³/mol. The first-order valence-electron chi connectivity index (χ1n) is 6.09. The molecule has 1 aliphatic carbocycles. The maximum Gasteiger partial charge on any atom is 0.406 e. The lowest BCUT2D eigenvalue weighted by molar-refractivity contribution is -0.140. The van der Waals surface area contributed by atoms with Crippen molar-refractivity contribution in [1.82, 2.24) is 9.88 Å². The van der Waals surface area contributed by atoms with E-state index in [1.54, 1.807) is 0 Å². The van der Waals surface area contributed by atoms with Crippen LogP contribution in [-0.4, -0.2) is 31.1 Å². The molecule has 0 atom stereocenters. The van der Waals surface area contributed by atoms with Crippen LogP contribution in [0.4, 0.5) is 13.2 Å². The Morgan fingerprint density at radius 2 is 2.05 bits per heavy atom. The van der Waals surface area contributed by atoms with Crippen LogP contribution in [0.2, 0.25) is 0 Å². The van der Waals surface area contributed by atoms with Crippen molar-refractivity contribution >= 4 is 25.6 Å². The summed E-state index contributed by atoms with van der Waals surface area (Å²) in [5.74, 6) is -0.740. The van der Waals surface area contributed by atoms with Crippen molar-refractivity contribution < 1.29 is 26.4 Å². The third kappa shape index (κ3) is 4.13. The number of nitrogens with one attached hydrogen (secondary N) is 1. The fraction of sp³-hybridized carbons (Fsp3) is 0.545. The normalized spacial score (nSPS) is 16.6. The molecule has 0 radical (unpaired) electrons. The Kier molecular flexibility index (Phi) is 4.25. The molecule has 0 bridgehead atoms. The van der Waals surface area contributed by atoms with E-state index >= 15 is 0 Å². The zero-order chi connectivity index (χ0) is 15.8. The van der Waals surface area contributed by atoms with Crippen molar-refractivity contribution in [2.45, 2.75) is 42.9 Å². The topological polar surface area (TPSA) is 68.2 Å². The van der Waals surface area contributed by atoms with Gasteiger partial charge in [-0.05, 0) is 25.3 Å². The Balaban J connectivity index is 2.31. The molecule has 0 saturated heterocycles. The number of aromatic nitrogens is 1. The second kappa shape index (κ2) is 5.53. The summed E-state index contributed by atoms with van der Waals surface area (Å²) in [5, 5.41) is 2.56. The van der Waals surface area contributed by atoms with Gasteiger partial charge in [-0.25, -0.2) is 8.42 Å². The standard InChI is InChI=1S/C11H12ClF3N2O3S/c12-21(19,20)8-4-9(10(18)16-7-2-1-3-7)17(5-8)6-11(13,14)15/h4-5,7H,1-3,6H2,(H,16,18). The molecule has 118 valence electrons. The van der Waals surface area contributed by atoms with Gasteiger partial charge in [0.1, 0.15) is 17.1 Å². The van der Waals surface area contributed by atoms with Gasteiger partial charge in [-0.1, -0.05) is 0 Å². The minimum atomic E-state index is -4.59. The minimum absolute atomic E-state index is 0.0807. The summed E-state index contributed by atoms with van der Waals surface area (Å²) in [6, 6.07) is 0.769. The van der Waals surface area contributed by atoms with Gasteiger partial charge in [-0.2, -0.15) is 13.2 Å². The van der Waals surface area contributed by atoms with Crippen LogP contribution in [0.15, 0.2) is 17.2 Å². The number of carbonyl (C=O) groups excluding carboxylic acids is 1. The van der Waals surface area contributed by atoms with Gasteiger partial charge >= 0.3 is 6.18 Å². The van der Waals surface area contributed by atoms with Gasteiger partial charge in [-0.15, -0.1) is 0 Å². The van der Waals surface area contributed by atoms with Crippen molar-refractivity contribution in [3.05, 3.63) is 18.0 Å². The van der Waals surface area contributed by atoms with Gasteiger partial charge in [0, 0.05) is 22.9 Å². The summed E-state index contributed by atoms with van der Waals surface area (Å²) >= 11 is 0. The lowest BCUT2D eigenvalue weighted by atomic mass is 9.93. The minimum Gasteiger partial charge on any atom is -0.348 e. The molecule has 5 nitrogen and oxygen atoms in total. The van der Waals surface area contributed by atoms with Crippen LogP contribution in [0.25, 0.3) is 0 Å². The van der Waals surface area contributed by atoms with Crippen molar-refractivity contribution in [1.29, 1.82) is 0 Å². The zero-order valence-corrected chi connectivity index (χ0v) is 12.2. The molecule has 21 heavy (non-hydrogen) atoms. The lowest BCUT2D eigenvalue weighted by Crippen LogP contribution is -2.40. The molecule has 0 unspecified atom stereocenters. The molecule has 1 N–H and O–H groups in total. The first-order chi connectivity index (χ1) is 9.56. The summed E-state index contributed by atoms with van der Waals surface area (Å²) in [5.41, 5.74) is -0.376. The van der Waals surface area contributed by atoms with E-state index < -0.39 is 32.6 Å². The van der Waals surface area contributed by atoms with E-state index in [0.717, 1.165) is 25.3 Å². The van der Waals surface area contributed by atoms with Gasteiger partial charge < -0.3 is 9.88 Å². The van der Waals surface area contributed by atoms with Crippen LogP contribution in [0.5, 0.6) is 0 Å². The fourth-order valence-electron chi connectivity index (χ4n) is 1.94. The molecular formula is C11H12ClF3N2O3S. The van der Waals surface area contributed by atoms with Crippen molar-refractivity contribution in [3.63, 3.8) is 0 Å². The maximum absolute atomic E-state index is 12.5. The van der Waals surface area contributed by atoms with Gasteiger partial charge in [-0.3, -0.25) is 4.79 Å². The smallest absolute Gasteiger partial charge is 0.348 e.